The van der Waals surface area contributed by atoms with E-state index in [1.54, 1.807) is 33.8 Å². The van der Waals surface area contributed by atoms with Crippen LogP contribution in [0.4, 0.5) is 26.3 Å². The van der Waals surface area contributed by atoms with Crippen LogP contribution < -0.4 is 0 Å². The Morgan fingerprint density at radius 2 is 0.855 bits per heavy atom. The number of pyridine rings is 1. The van der Waals surface area contributed by atoms with Crippen molar-refractivity contribution >= 4 is 43.6 Å². The van der Waals surface area contributed by atoms with Gasteiger partial charge in [-0.3, -0.25) is 4.57 Å². The molecule has 0 fully saturated rings. The second-order valence-electron chi connectivity index (χ2n) is 15.0. The second kappa shape index (κ2) is 14.0. The summed E-state index contributed by atoms with van der Waals surface area (Å²) < 4.78 is 91.0. The van der Waals surface area contributed by atoms with Crippen molar-refractivity contribution in [2.75, 3.05) is 0 Å². The molecule has 9 nitrogen and oxygen atoms in total. The lowest BCUT2D eigenvalue weighted by Crippen LogP contribution is -2.11. The SMILES string of the molecule is Cc1nc(C)nc(-c2ccc3c4ccccc4n(-c4cc(-c5cc(C(F)(F)F)cc(C(F)(F)F)c5)c(-n5c6ccccc6c6ccc(-c7nc(C)nc(C)n7)cc65)cn4)c3c2)n1. The van der Waals surface area contributed by atoms with Gasteiger partial charge in [-0.25, -0.2) is 34.9 Å². The molecule has 0 aliphatic heterocycles. The molecule has 306 valence electrons. The van der Waals surface area contributed by atoms with Gasteiger partial charge in [0.1, 0.15) is 29.1 Å². The zero-order valence-electron chi connectivity index (χ0n) is 33.3. The standard InChI is InChI=1S/C47H31F6N9/c1-24-55-25(2)58-44(57-24)28-13-15-35-33-9-5-7-11-38(33)61(40(35)19-28)42-23-54-43(22-37(42)30-17-31(46(48,49)50)21-32(18-30)47(51,52)53)62-39-12-8-6-10-34(39)36-16-14-29(20-41(36)62)45-59-26(3)56-27(4)60-45/h5-23H,1-4H3. The lowest BCUT2D eigenvalue weighted by atomic mass is 9.98. The maximum absolute atomic E-state index is 14.6. The summed E-state index contributed by atoms with van der Waals surface area (Å²) in [5, 5.41) is 3.25. The molecule has 5 aromatic carbocycles. The fourth-order valence-corrected chi connectivity index (χ4v) is 8.29. The Morgan fingerprint density at radius 1 is 0.419 bits per heavy atom. The third kappa shape index (κ3) is 6.56. The van der Waals surface area contributed by atoms with E-state index in [0.29, 0.717) is 68.1 Å². The topological polar surface area (TPSA) is 100 Å². The molecule has 0 radical (unpaired) electrons. The van der Waals surface area contributed by atoms with Gasteiger partial charge in [-0.05, 0) is 81.8 Å². The second-order valence-corrected chi connectivity index (χ2v) is 15.0. The average molecular weight is 836 g/mol. The lowest BCUT2D eigenvalue weighted by molar-refractivity contribution is -0.143. The van der Waals surface area contributed by atoms with Crippen LogP contribution in [0.3, 0.4) is 0 Å². The molecule has 62 heavy (non-hydrogen) atoms. The number of hydrogen-bond donors (Lipinski definition) is 0. The number of rotatable bonds is 5. The summed E-state index contributed by atoms with van der Waals surface area (Å²) in [6.07, 6.45) is -8.69. The predicted molar refractivity (Wildman–Crippen MR) is 225 cm³/mol. The van der Waals surface area contributed by atoms with Crippen LogP contribution in [0.1, 0.15) is 34.4 Å². The van der Waals surface area contributed by atoms with Crippen molar-refractivity contribution in [1.29, 1.82) is 0 Å². The number of nitrogens with zero attached hydrogens (tertiary/aromatic N) is 9. The molecule has 5 aromatic heterocycles. The highest BCUT2D eigenvalue weighted by atomic mass is 19.4. The van der Waals surface area contributed by atoms with Crippen molar-refractivity contribution in [2.24, 2.45) is 0 Å². The van der Waals surface area contributed by atoms with Crippen LogP contribution >= 0.6 is 0 Å². The highest BCUT2D eigenvalue weighted by Crippen LogP contribution is 2.43. The molecule has 0 unspecified atom stereocenters. The molecule has 15 heteroatoms. The minimum Gasteiger partial charge on any atom is -0.307 e. The van der Waals surface area contributed by atoms with Gasteiger partial charge >= 0.3 is 12.4 Å². The zero-order valence-corrected chi connectivity index (χ0v) is 33.3. The molecule has 0 N–H and O–H groups in total. The Morgan fingerprint density at radius 3 is 1.34 bits per heavy atom. The molecule has 0 aliphatic rings. The number of alkyl halides is 6. The number of aromatic nitrogens is 9. The normalized spacial score (nSPS) is 12.4. The predicted octanol–water partition coefficient (Wildman–Crippen LogP) is 11.9. The van der Waals surface area contributed by atoms with E-state index in [4.69, 9.17) is 4.98 Å². The first-order valence-electron chi connectivity index (χ1n) is 19.4. The van der Waals surface area contributed by atoms with E-state index >= 15 is 0 Å². The highest BCUT2D eigenvalue weighted by molar-refractivity contribution is 6.11. The van der Waals surface area contributed by atoms with Crippen LogP contribution in [0.15, 0.2) is 115 Å². The first-order valence-corrected chi connectivity index (χ1v) is 19.4. The molecule has 0 bridgehead atoms. The molecule has 0 amide bonds. The van der Waals surface area contributed by atoms with Crippen molar-refractivity contribution in [3.8, 4) is 45.4 Å². The molecule has 5 heterocycles. The minimum absolute atomic E-state index is 0.0670. The van der Waals surface area contributed by atoms with Crippen LogP contribution in [0.2, 0.25) is 0 Å². The average Bonchev–Trinajstić information content (AvgIpc) is 3.74. The van der Waals surface area contributed by atoms with Gasteiger partial charge in [-0.15, -0.1) is 0 Å². The minimum atomic E-state index is -5.09. The van der Waals surface area contributed by atoms with Crippen molar-refractivity contribution in [3.63, 3.8) is 0 Å². The molecule has 10 aromatic rings. The van der Waals surface area contributed by atoms with Crippen molar-refractivity contribution < 1.29 is 26.3 Å². The summed E-state index contributed by atoms with van der Waals surface area (Å²) in [6, 6.07) is 29.5. The summed E-state index contributed by atoms with van der Waals surface area (Å²) in [5.41, 5.74) is 1.02. The Labute approximate surface area is 348 Å². The summed E-state index contributed by atoms with van der Waals surface area (Å²) in [7, 11) is 0. The number of halogens is 6. The van der Waals surface area contributed by atoms with Gasteiger partial charge in [-0.2, -0.15) is 26.3 Å². The van der Waals surface area contributed by atoms with Crippen LogP contribution in [0.5, 0.6) is 0 Å². The molecular formula is C47H31F6N9. The highest BCUT2D eigenvalue weighted by Gasteiger charge is 2.37. The third-order valence-electron chi connectivity index (χ3n) is 10.8. The van der Waals surface area contributed by atoms with Crippen molar-refractivity contribution in [3.05, 3.63) is 150 Å². The first kappa shape index (κ1) is 38.6. The quantitative estimate of drug-likeness (QED) is 0.159. The van der Waals surface area contributed by atoms with Crippen molar-refractivity contribution in [2.45, 2.75) is 40.0 Å². The van der Waals surface area contributed by atoms with E-state index in [2.05, 4.69) is 29.9 Å². The van der Waals surface area contributed by atoms with Crippen molar-refractivity contribution in [1.82, 2.24) is 44.0 Å². The van der Waals surface area contributed by atoms with Crippen LogP contribution in [-0.4, -0.2) is 44.0 Å². The monoisotopic (exact) mass is 835 g/mol. The van der Waals surface area contributed by atoms with Gasteiger partial charge in [0, 0.05) is 38.2 Å². The van der Waals surface area contributed by atoms with E-state index in [1.165, 1.54) is 6.20 Å². The fourth-order valence-electron chi connectivity index (χ4n) is 8.29. The molecule has 0 spiro atoms. The van der Waals surface area contributed by atoms with Gasteiger partial charge in [0.05, 0.1) is 45.1 Å². The fraction of sp³-hybridized carbons (Fsp3) is 0.128. The number of benzene rings is 5. The van der Waals surface area contributed by atoms with Gasteiger partial charge in [0.2, 0.25) is 0 Å². The largest absolute Gasteiger partial charge is 0.416 e. The first-order chi connectivity index (χ1) is 29.6. The molecule has 0 saturated heterocycles. The smallest absolute Gasteiger partial charge is 0.307 e. The molecule has 0 saturated carbocycles. The number of fused-ring (bicyclic) bond motifs is 6. The number of para-hydroxylation sites is 2. The van der Waals surface area contributed by atoms with E-state index in [1.807, 2.05) is 94.1 Å². The van der Waals surface area contributed by atoms with Gasteiger partial charge in [-0.1, -0.05) is 60.7 Å². The van der Waals surface area contributed by atoms with Gasteiger partial charge < -0.3 is 4.57 Å². The lowest BCUT2D eigenvalue weighted by Gasteiger charge is -2.19. The zero-order chi connectivity index (χ0) is 43.2. The maximum atomic E-state index is 14.6. The van der Waals surface area contributed by atoms with Crippen LogP contribution in [0.25, 0.3) is 89.0 Å². The summed E-state index contributed by atoms with van der Waals surface area (Å²) in [5.74, 6) is 3.18. The molecular weight excluding hydrogens is 805 g/mol. The van der Waals surface area contributed by atoms with Gasteiger partial charge in [0.25, 0.3) is 0 Å². The Balaban J connectivity index is 1.30. The van der Waals surface area contributed by atoms with Crippen LogP contribution in [0, 0.1) is 27.7 Å². The van der Waals surface area contributed by atoms with Gasteiger partial charge in [0.15, 0.2) is 11.6 Å². The Kier molecular flexibility index (Phi) is 8.73. The van der Waals surface area contributed by atoms with E-state index in [9.17, 15) is 26.3 Å². The Bertz CT molecular complexity index is 3380. The molecule has 10 rings (SSSR count). The summed E-state index contributed by atoms with van der Waals surface area (Å²) in [4.78, 5) is 31.8. The number of hydrogen-bond acceptors (Lipinski definition) is 7. The molecule has 0 atom stereocenters. The maximum Gasteiger partial charge on any atom is 0.416 e. The third-order valence-corrected chi connectivity index (χ3v) is 10.8. The molecule has 0 aliphatic carbocycles. The summed E-state index contributed by atoms with van der Waals surface area (Å²) in [6.45, 7) is 7.05. The summed E-state index contributed by atoms with van der Waals surface area (Å²) >= 11 is 0. The van der Waals surface area contributed by atoms with Crippen LogP contribution in [-0.2, 0) is 12.4 Å². The van der Waals surface area contributed by atoms with E-state index < -0.39 is 23.5 Å². The Hall–Kier alpha value is -7.55. The number of aryl methyl sites for hydroxylation is 4. The van der Waals surface area contributed by atoms with E-state index in [-0.39, 0.29) is 28.7 Å². The van der Waals surface area contributed by atoms with E-state index in [0.717, 1.165) is 33.7 Å².